The molecule has 0 saturated carbocycles. The van der Waals surface area contributed by atoms with Crippen molar-refractivity contribution < 1.29 is 33.0 Å². The van der Waals surface area contributed by atoms with Crippen molar-refractivity contribution in [3.05, 3.63) is 65.1 Å². The van der Waals surface area contributed by atoms with Gasteiger partial charge in [0.1, 0.15) is 17.6 Å². The van der Waals surface area contributed by atoms with Crippen LogP contribution >= 0.6 is 0 Å². The summed E-state index contributed by atoms with van der Waals surface area (Å²) in [4.78, 5) is 25.9. The molecule has 0 bridgehead atoms. The van der Waals surface area contributed by atoms with E-state index in [2.05, 4.69) is 10.6 Å². The van der Waals surface area contributed by atoms with E-state index in [1.54, 1.807) is 6.07 Å². The molecule has 2 aromatic carbocycles. The van der Waals surface area contributed by atoms with Crippen molar-refractivity contribution >= 4 is 17.5 Å². The summed E-state index contributed by atoms with van der Waals surface area (Å²) < 4.78 is 27.5. The summed E-state index contributed by atoms with van der Waals surface area (Å²) in [5.74, 6) is 1.40. The summed E-state index contributed by atoms with van der Waals surface area (Å²) in [5, 5.41) is 5.62. The molecule has 0 fully saturated rings. The average Bonchev–Trinajstić information content (AvgIpc) is 3.51. The molecule has 0 unspecified atom stereocenters. The quantitative estimate of drug-likeness (QED) is 0.472. The SMILES string of the molecule is CCOc1cc2c(cc1CNC(=O)c1cc(OC)c(OC)cc1NC(=O)c1ccco1)O[C@H](C)C2. The van der Waals surface area contributed by atoms with Crippen molar-refractivity contribution in [3.63, 3.8) is 0 Å². The van der Waals surface area contributed by atoms with Crippen LogP contribution in [0.25, 0.3) is 0 Å². The molecular formula is C26H28N2O7. The summed E-state index contributed by atoms with van der Waals surface area (Å²) in [7, 11) is 2.95. The molecule has 0 saturated heterocycles. The van der Waals surface area contributed by atoms with Crippen molar-refractivity contribution in [1.29, 1.82) is 0 Å². The molecule has 184 valence electrons. The fourth-order valence-electron chi connectivity index (χ4n) is 3.94. The number of benzene rings is 2. The molecule has 2 amide bonds. The smallest absolute Gasteiger partial charge is 0.291 e. The van der Waals surface area contributed by atoms with Crippen LogP contribution in [-0.4, -0.2) is 38.7 Å². The number of ether oxygens (including phenoxy) is 4. The van der Waals surface area contributed by atoms with Crippen LogP contribution in [0.3, 0.4) is 0 Å². The second-order valence-electron chi connectivity index (χ2n) is 8.00. The van der Waals surface area contributed by atoms with Crippen LogP contribution in [-0.2, 0) is 13.0 Å². The Kier molecular flexibility index (Phi) is 7.14. The zero-order valence-electron chi connectivity index (χ0n) is 20.1. The Morgan fingerprint density at radius 3 is 2.51 bits per heavy atom. The van der Waals surface area contributed by atoms with E-state index in [4.69, 9.17) is 23.4 Å². The number of nitrogens with one attached hydrogen (secondary N) is 2. The first-order chi connectivity index (χ1) is 16.9. The van der Waals surface area contributed by atoms with Gasteiger partial charge in [-0.25, -0.2) is 0 Å². The van der Waals surface area contributed by atoms with E-state index in [-0.39, 0.29) is 29.7 Å². The second-order valence-corrected chi connectivity index (χ2v) is 8.00. The molecule has 9 nitrogen and oxygen atoms in total. The Hall–Kier alpha value is -4.14. The lowest BCUT2D eigenvalue weighted by Crippen LogP contribution is -2.25. The lowest BCUT2D eigenvalue weighted by atomic mass is 10.1. The largest absolute Gasteiger partial charge is 0.494 e. The maximum atomic E-state index is 13.3. The summed E-state index contributed by atoms with van der Waals surface area (Å²) in [6, 6.07) is 10.1. The van der Waals surface area contributed by atoms with Crippen molar-refractivity contribution in [2.45, 2.75) is 32.9 Å². The molecule has 0 aliphatic carbocycles. The Morgan fingerprint density at radius 2 is 1.83 bits per heavy atom. The zero-order valence-corrected chi connectivity index (χ0v) is 20.1. The predicted molar refractivity (Wildman–Crippen MR) is 129 cm³/mol. The predicted octanol–water partition coefficient (Wildman–Crippen LogP) is 4.20. The van der Waals surface area contributed by atoms with E-state index < -0.39 is 11.8 Å². The van der Waals surface area contributed by atoms with Gasteiger partial charge in [0.15, 0.2) is 17.3 Å². The van der Waals surface area contributed by atoms with Crippen LogP contribution in [0.4, 0.5) is 5.69 Å². The molecule has 2 N–H and O–H groups in total. The molecule has 0 spiro atoms. The summed E-state index contributed by atoms with van der Waals surface area (Å²) >= 11 is 0. The van der Waals surface area contributed by atoms with Crippen LogP contribution in [0.2, 0.25) is 0 Å². The van der Waals surface area contributed by atoms with Crippen LogP contribution in [0, 0.1) is 0 Å². The highest BCUT2D eigenvalue weighted by molar-refractivity contribution is 6.08. The molecule has 3 aromatic rings. The molecule has 1 aliphatic heterocycles. The highest BCUT2D eigenvalue weighted by Gasteiger charge is 2.23. The molecule has 1 aromatic heterocycles. The Bertz CT molecular complexity index is 1220. The van der Waals surface area contributed by atoms with Gasteiger partial charge in [-0.05, 0) is 44.2 Å². The number of methoxy groups -OCH3 is 2. The minimum atomic E-state index is -0.500. The molecule has 4 rings (SSSR count). The molecule has 1 atom stereocenters. The van der Waals surface area contributed by atoms with Gasteiger partial charge < -0.3 is 34.0 Å². The van der Waals surface area contributed by atoms with E-state index in [0.717, 1.165) is 23.3 Å². The first-order valence-corrected chi connectivity index (χ1v) is 11.3. The van der Waals surface area contributed by atoms with Crippen molar-refractivity contribution in [2.75, 3.05) is 26.1 Å². The number of hydrogen-bond acceptors (Lipinski definition) is 7. The van der Waals surface area contributed by atoms with Crippen molar-refractivity contribution in [3.8, 4) is 23.0 Å². The molecule has 35 heavy (non-hydrogen) atoms. The minimum absolute atomic E-state index is 0.0939. The van der Waals surface area contributed by atoms with Gasteiger partial charge >= 0.3 is 0 Å². The number of anilines is 1. The van der Waals surface area contributed by atoms with E-state index in [9.17, 15) is 9.59 Å². The summed E-state index contributed by atoms with van der Waals surface area (Å²) in [5.41, 5.74) is 2.32. The second kappa shape index (κ2) is 10.4. The number of carbonyl (C=O) groups is 2. The Balaban J connectivity index is 1.60. The van der Waals surface area contributed by atoms with Gasteiger partial charge in [-0.1, -0.05) is 0 Å². The third-order valence-corrected chi connectivity index (χ3v) is 5.58. The lowest BCUT2D eigenvalue weighted by Gasteiger charge is -2.16. The molecular weight excluding hydrogens is 452 g/mol. The fourth-order valence-corrected chi connectivity index (χ4v) is 3.94. The van der Waals surface area contributed by atoms with Gasteiger partial charge in [0.25, 0.3) is 11.8 Å². The van der Waals surface area contributed by atoms with Gasteiger partial charge in [-0.15, -0.1) is 0 Å². The van der Waals surface area contributed by atoms with Crippen molar-refractivity contribution in [2.24, 2.45) is 0 Å². The number of rotatable bonds is 9. The van der Waals surface area contributed by atoms with E-state index in [1.807, 2.05) is 26.0 Å². The summed E-state index contributed by atoms with van der Waals surface area (Å²) in [6.45, 7) is 4.61. The first kappa shape index (κ1) is 24.0. The first-order valence-electron chi connectivity index (χ1n) is 11.3. The highest BCUT2D eigenvalue weighted by Crippen LogP contribution is 2.36. The minimum Gasteiger partial charge on any atom is -0.494 e. The Labute approximate surface area is 203 Å². The zero-order chi connectivity index (χ0) is 24.9. The monoisotopic (exact) mass is 480 g/mol. The van der Waals surface area contributed by atoms with E-state index in [0.29, 0.717) is 23.9 Å². The van der Waals surface area contributed by atoms with Crippen LogP contribution in [0.5, 0.6) is 23.0 Å². The number of hydrogen-bond donors (Lipinski definition) is 2. The number of fused-ring (bicyclic) bond motifs is 1. The summed E-state index contributed by atoms with van der Waals surface area (Å²) in [6.07, 6.45) is 2.30. The Morgan fingerprint density at radius 1 is 1.06 bits per heavy atom. The topological polar surface area (TPSA) is 108 Å². The normalized spacial score (nSPS) is 14.0. The molecule has 1 aliphatic rings. The van der Waals surface area contributed by atoms with Gasteiger partial charge in [0, 0.05) is 30.2 Å². The third-order valence-electron chi connectivity index (χ3n) is 5.58. The van der Waals surface area contributed by atoms with Crippen LogP contribution < -0.4 is 29.6 Å². The maximum Gasteiger partial charge on any atom is 0.291 e. The van der Waals surface area contributed by atoms with Crippen molar-refractivity contribution in [1.82, 2.24) is 5.32 Å². The van der Waals surface area contributed by atoms with Gasteiger partial charge in [0.2, 0.25) is 0 Å². The molecule has 0 radical (unpaired) electrons. The maximum absolute atomic E-state index is 13.3. The van der Waals surface area contributed by atoms with Gasteiger partial charge in [-0.2, -0.15) is 0 Å². The lowest BCUT2D eigenvalue weighted by molar-refractivity contribution is 0.0951. The third kappa shape index (κ3) is 5.18. The van der Waals surface area contributed by atoms with E-state index >= 15 is 0 Å². The molecule has 9 heteroatoms. The average molecular weight is 481 g/mol. The van der Waals surface area contributed by atoms with E-state index in [1.165, 1.54) is 38.7 Å². The standard InChI is InChI=1S/C26H28N2O7/c1-5-33-21-10-16-9-15(2)35-22(16)11-17(21)14-27-25(29)18-12-23(31-3)24(32-4)13-19(18)28-26(30)20-7-6-8-34-20/h6-8,10-13,15H,5,9,14H2,1-4H3,(H,27,29)(H,28,30)/t15-/m1/s1. The number of furan rings is 1. The fraction of sp³-hybridized carbons (Fsp3) is 0.308. The number of carbonyl (C=O) groups excluding carboxylic acids is 2. The molecule has 2 heterocycles. The highest BCUT2D eigenvalue weighted by atomic mass is 16.5. The van der Waals surface area contributed by atoms with Gasteiger partial charge in [-0.3, -0.25) is 9.59 Å². The number of amides is 2. The van der Waals surface area contributed by atoms with Crippen LogP contribution in [0.1, 0.15) is 45.9 Å². The van der Waals surface area contributed by atoms with Gasteiger partial charge in [0.05, 0.1) is 38.3 Å². The van der Waals surface area contributed by atoms with Crippen LogP contribution in [0.15, 0.2) is 47.1 Å².